The van der Waals surface area contributed by atoms with Gasteiger partial charge in [0.1, 0.15) is 24.7 Å². The van der Waals surface area contributed by atoms with Gasteiger partial charge in [-0.3, -0.25) is 9.59 Å². The van der Waals surface area contributed by atoms with Gasteiger partial charge in [-0.15, -0.1) is 0 Å². The summed E-state index contributed by atoms with van der Waals surface area (Å²) >= 11 is 3.48. The molecule has 0 unspecified atom stereocenters. The van der Waals surface area contributed by atoms with E-state index in [9.17, 15) is 19.2 Å². The van der Waals surface area contributed by atoms with Crippen molar-refractivity contribution >= 4 is 51.1 Å². The van der Waals surface area contributed by atoms with Gasteiger partial charge in [-0.05, 0) is 119 Å². The number of anilines is 2. The van der Waals surface area contributed by atoms with Crippen molar-refractivity contribution in [2.45, 2.75) is 37.8 Å². The van der Waals surface area contributed by atoms with Crippen molar-refractivity contribution in [1.29, 1.82) is 0 Å². The van der Waals surface area contributed by atoms with Gasteiger partial charge in [0.25, 0.3) is 11.8 Å². The van der Waals surface area contributed by atoms with E-state index in [1.165, 1.54) is 25.3 Å². The van der Waals surface area contributed by atoms with Crippen molar-refractivity contribution < 1.29 is 69.1 Å². The minimum atomic E-state index is -0.350. The third kappa shape index (κ3) is 15.1. The standard InChI is InChI=1S/C32H30N2O4.C17H18N2O2.C15H13BrO2.Na.H/c1-22(23-8-4-3-5-9-23)33-31(35)26-16-17-29-30(20-26)38-19-18-34(29)21-27-10-6-7-11-28(27)24-12-14-25(15-13-24)32(36)37-2;1-12(13-5-3-2-4-6-13)19-17(20)14-7-8-15-16(11-14)21-10-9-18-15;1-18-15(17)12-8-6-11(7-9-12)14-5-3-2-4-13(14)10-16;;/h3-17,20,22H,18-19,21H2,1-2H3,(H,33,35);2-8,11-12,18H,9-10H2,1H3,(H,19,20);2-9H,10H2,1H3;;/q;;;+1;-1/t22-;12-;;;/m00.../s1. The predicted octanol–water partition coefficient (Wildman–Crippen LogP) is 10.2. The molecule has 0 aliphatic carbocycles. The van der Waals surface area contributed by atoms with E-state index in [0.717, 1.165) is 68.9 Å². The van der Waals surface area contributed by atoms with E-state index in [1.54, 1.807) is 30.3 Å². The average Bonchev–Trinajstić information content (AvgIpc) is 3.53. The van der Waals surface area contributed by atoms with Gasteiger partial charge in [0, 0.05) is 29.5 Å². The number of fused-ring (bicyclic) bond motifs is 2. The first-order valence-corrected chi connectivity index (χ1v) is 26.5. The van der Waals surface area contributed by atoms with Crippen LogP contribution in [0, 0.1) is 0 Å². The molecule has 12 nitrogen and oxygen atoms in total. The fourth-order valence-corrected chi connectivity index (χ4v) is 9.43. The average molecular weight is 1120 g/mol. The van der Waals surface area contributed by atoms with Gasteiger partial charge in [-0.2, -0.15) is 0 Å². The van der Waals surface area contributed by atoms with Crippen molar-refractivity contribution in [3.05, 3.63) is 239 Å². The van der Waals surface area contributed by atoms with Crippen molar-refractivity contribution in [1.82, 2.24) is 10.6 Å². The smallest absolute Gasteiger partial charge is 1.00 e. The van der Waals surface area contributed by atoms with Crippen LogP contribution < -0.4 is 59.9 Å². The number of alkyl halides is 1. The molecule has 0 spiro atoms. The van der Waals surface area contributed by atoms with E-state index in [4.69, 9.17) is 14.2 Å². The van der Waals surface area contributed by atoms with Crippen LogP contribution in [0.4, 0.5) is 11.4 Å². The van der Waals surface area contributed by atoms with Crippen LogP contribution in [0.15, 0.2) is 194 Å². The molecule has 78 heavy (non-hydrogen) atoms. The van der Waals surface area contributed by atoms with E-state index in [1.807, 2.05) is 153 Å². The Balaban J connectivity index is 0.000000208. The number of carbonyl (C=O) groups excluding carboxylic acids is 4. The second-order valence-electron chi connectivity index (χ2n) is 18.2. The largest absolute Gasteiger partial charge is 1.00 e. The second-order valence-corrected chi connectivity index (χ2v) is 18.8. The van der Waals surface area contributed by atoms with Crippen LogP contribution in [0.2, 0.25) is 0 Å². The number of nitrogens with one attached hydrogen (secondary N) is 3. The van der Waals surface area contributed by atoms with Crippen LogP contribution >= 0.6 is 15.9 Å². The normalized spacial score (nSPS) is 12.6. The minimum Gasteiger partial charge on any atom is -1.00 e. The molecular weight excluding hydrogens is 1060 g/mol. The van der Waals surface area contributed by atoms with Gasteiger partial charge in [0.2, 0.25) is 0 Å². The number of hydrogen-bond acceptors (Lipinski definition) is 10. The maximum atomic E-state index is 13.0. The third-order valence-corrected chi connectivity index (χ3v) is 13.8. The number of hydrogen-bond donors (Lipinski definition) is 3. The van der Waals surface area contributed by atoms with Crippen molar-refractivity contribution in [2.75, 3.05) is 50.7 Å². The number of methoxy groups -OCH3 is 2. The number of benzene rings is 8. The number of ether oxygens (including phenoxy) is 4. The molecule has 8 aromatic rings. The maximum absolute atomic E-state index is 13.0. The van der Waals surface area contributed by atoms with Crippen LogP contribution in [-0.2, 0) is 21.3 Å². The summed E-state index contributed by atoms with van der Waals surface area (Å²) in [4.78, 5) is 50.7. The molecule has 10 rings (SSSR count). The summed E-state index contributed by atoms with van der Waals surface area (Å²) in [5, 5.41) is 10.1. The van der Waals surface area contributed by atoms with Crippen LogP contribution in [0.5, 0.6) is 11.5 Å². The van der Waals surface area contributed by atoms with E-state index in [2.05, 4.69) is 65.8 Å². The van der Waals surface area contributed by atoms with E-state index in [0.29, 0.717) is 47.8 Å². The van der Waals surface area contributed by atoms with E-state index >= 15 is 0 Å². The molecule has 2 aliphatic heterocycles. The first kappa shape index (κ1) is 58.0. The zero-order valence-electron chi connectivity index (χ0n) is 45.5. The van der Waals surface area contributed by atoms with Gasteiger partial charge in [0.05, 0.1) is 55.3 Å². The first-order chi connectivity index (χ1) is 37.5. The molecule has 2 heterocycles. The molecule has 0 saturated carbocycles. The molecule has 14 heteroatoms. The number of esters is 2. The van der Waals surface area contributed by atoms with Gasteiger partial charge < -0.3 is 41.2 Å². The van der Waals surface area contributed by atoms with Crippen LogP contribution in [0.3, 0.4) is 0 Å². The Kier molecular flexibility index (Phi) is 21.3. The zero-order valence-corrected chi connectivity index (χ0v) is 48.0. The summed E-state index contributed by atoms with van der Waals surface area (Å²) in [6.45, 7) is 7.33. The molecule has 0 saturated heterocycles. The molecule has 0 aromatic heterocycles. The van der Waals surface area contributed by atoms with Gasteiger partial charge in [0.15, 0.2) is 0 Å². The molecule has 2 atom stereocenters. The van der Waals surface area contributed by atoms with Crippen molar-refractivity contribution in [2.24, 2.45) is 0 Å². The Morgan fingerprint density at radius 1 is 0.564 bits per heavy atom. The number of halogens is 1. The fourth-order valence-electron chi connectivity index (χ4n) is 8.94. The monoisotopic (exact) mass is 1120 g/mol. The summed E-state index contributed by atoms with van der Waals surface area (Å²) < 4.78 is 21.0. The van der Waals surface area contributed by atoms with E-state index in [-0.39, 0.29) is 66.8 Å². The van der Waals surface area contributed by atoms with Gasteiger partial charge >= 0.3 is 41.5 Å². The Hall–Kier alpha value is -7.68. The molecule has 2 amide bonds. The summed E-state index contributed by atoms with van der Waals surface area (Å²) in [5.74, 6) is 0.555. The third-order valence-electron chi connectivity index (χ3n) is 13.2. The second kappa shape index (κ2) is 28.6. The molecule has 0 bridgehead atoms. The summed E-state index contributed by atoms with van der Waals surface area (Å²) in [5.41, 5.74) is 13.1. The Labute approximate surface area is 488 Å². The zero-order chi connectivity index (χ0) is 54.1. The van der Waals surface area contributed by atoms with Crippen LogP contribution in [0.25, 0.3) is 22.3 Å². The number of carbonyl (C=O) groups is 4. The molecule has 8 aromatic carbocycles. The number of nitrogens with zero attached hydrogens (tertiary/aromatic N) is 1. The molecule has 0 radical (unpaired) electrons. The quantitative estimate of drug-likeness (QED) is 0.0580. The predicted molar refractivity (Wildman–Crippen MR) is 308 cm³/mol. The summed E-state index contributed by atoms with van der Waals surface area (Å²) in [6.07, 6.45) is 0. The molecule has 0 fully saturated rings. The SMILES string of the molecule is COC(=O)c1ccc(-c2ccccc2CBr)cc1.COC(=O)c1ccc(-c2ccccc2CN2CCOc3cc(C(=O)N[C@@H](C)c4ccccc4)ccc32)cc1.C[C@H](NC(=O)c1ccc2c(c1)OCCN2)c1ccccc1.[H-].[Na+]. The summed E-state index contributed by atoms with van der Waals surface area (Å²) in [7, 11) is 2.77. The van der Waals surface area contributed by atoms with Crippen LogP contribution in [0.1, 0.15) is 91.0 Å². The Morgan fingerprint density at radius 2 is 1.01 bits per heavy atom. The Bertz CT molecular complexity index is 3300. The summed E-state index contributed by atoms with van der Waals surface area (Å²) in [6, 6.07) is 62.1. The Morgan fingerprint density at radius 3 is 1.54 bits per heavy atom. The van der Waals surface area contributed by atoms with Gasteiger partial charge in [-0.1, -0.05) is 149 Å². The molecule has 394 valence electrons. The van der Waals surface area contributed by atoms with Crippen LogP contribution in [-0.4, -0.2) is 64.3 Å². The van der Waals surface area contributed by atoms with Crippen molar-refractivity contribution in [3.8, 4) is 33.8 Å². The minimum absolute atomic E-state index is 0. The number of amides is 2. The van der Waals surface area contributed by atoms with Crippen molar-refractivity contribution in [3.63, 3.8) is 0 Å². The molecule has 2 aliphatic rings. The van der Waals surface area contributed by atoms with Gasteiger partial charge in [-0.25, -0.2) is 9.59 Å². The van der Waals surface area contributed by atoms with E-state index < -0.39 is 0 Å². The topological polar surface area (TPSA) is 145 Å². The molecular formula is C64H62BrN4NaO8. The molecule has 3 N–H and O–H groups in total. The number of rotatable bonds is 13. The fraction of sp³-hybridized carbons (Fsp3) is 0.188. The maximum Gasteiger partial charge on any atom is 1.00 e. The first-order valence-electron chi connectivity index (χ1n) is 25.4.